The maximum Gasteiger partial charge on any atom is 0.269 e. The van der Waals surface area contributed by atoms with Gasteiger partial charge in [0.05, 0.1) is 22.8 Å². The van der Waals surface area contributed by atoms with Gasteiger partial charge in [-0.3, -0.25) is 10.1 Å². The van der Waals surface area contributed by atoms with E-state index in [4.69, 9.17) is 4.43 Å². The van der Waals surface area contributed by atoms with E-state index in [9.17, 15) is 10.1 Å². The third-order valence-corrected chi connectivity index (χ3v) is 11.6. The Morgan fingerprint density at radius 1 is 0.886 bits per heavy atom. The van der Waals surface area contributed by atoms with Gasteiger partial charge in [-0.05, 0) is 47.5 Å². The number of nitrogens with zero attached hydrogens (tertiary/aromatic N) is 2. The molecule has 0 fully saturated rings. The highest BCUT2D eigenvalue weighted by Gasteiger charge is 2.42. The first kappa shape index (κ1) is 24.7. The molecule has 0 saturated carbocycles. The van der Waals surface area contributed by atoms with Crippen LogP contribution in [0.1, 0.15) is 50.4 Å². The van der Waals surface area contributed by atoms with Crippen molar-refractivity contribution < 1.29 is 9.35 Å². The molecule has 1 aliphatic heterocycles. The van der Waals surface area contributed by atoms with Gasteiger partial charge >= 0.3 is 0 Å². The van der Waals surface area contributed by atoms with Crippen LogP contribution in [0.3, 0.4) is 0 Å². The average molecular weight is 487 g/mol. The quantitative estimate of drug-likeness (QED) is 0.200. The summed E-state index contributed by atoms with van der Waals surface area (Å²) in [4.78, 5) is 13.3. The molecule has 5 nitrogen and oxygen atoms in total. The fourth-order valence-corrected chi connectivity index (χ4v) is 5.42. The van der Waals surface area contributed by atoms with Crippen LogP contribution in [0.15, 0.2) is 96.8 Å². The van der Waals surface area contributed by atoms with Gasteiger partial charge in [0.25, 0.3) is 5.69 Å². The van der Waals surface area contributed by atoms with Crippen molar-refractivity contribution in [2.24, 2.45) is 0 Å². The van der Waals surface area contributed by atoms with Crippen LogP contribution in [0.4, 0.5) is 11.4 Å². The Balaban J connectivity index is 1.85. The van der Waals surface area contributed by atoms with Gasteiger partial charge in [-0.1, -0.05) is 81.4 Å². The summed E-state index contributed by atoms with van der Waals surface area (Å²) < 4.78 is 6.86. The minimum atomic E-state index is -2.05. The summed E-state index contributed by atoms with van der Waals surface area (Å²) in [7, 11) is -2.05. The summed E-state index contributed by atoms with van der Waals surface area (Å²) in [6.45, 7) is 11.3. The largest absolute Gasteiger partial charge is 0.547 e. The molecule has 0 spiro atoms. The maximum absolute atomic E-state index is 11.3. The molecule has 0 bridgehead atoms. The van der Waals surface area contributed by atoms with E-state index in [1.807, 2.05) is 24.3 Å². The van der Waals surface area contributed by atoms with Gasteiger partial charge in [0.1, 0.15) is 0 Å². The molecule has 3 aromatic rings. The lowest BCUT2D eigenvalue weighted by molar-refractivity contribution is -0.384. The standard InChI is InChI=1S/C29H34N2O3Si/c1-29(2,3)35(4,5)34-26-20-27(22-12-8-6-9-13-22)30(24-14-10-7-11-15-24)28(21-26)23-16-18-25(19-17-23)31(32)33/h6-20,27-28H,21H2,1-5H3/t27-,28-/m1/s1. The van der Waals surface area contributed by atoms with Gasteiger partial charge < -0.3 is 9.33 Å². The number of hydrogen-bond acceptors (Lipinski definition) is 4. The number of hydrogen-bond donors (Lipinski definition) is 0. The van der Waals surface area contributed by atoms with Crippen LogP contribution in [-0.2, 0) is 4.43 Å². The molecule has 2 atom stereocenters. The molecule has 0 saturated heterocycles. The molecule has 35 heavy (non-hydrogen) atoms. The van der Waals surface area contributed by atoms with Crippen LogP contribution in [0.25, 0.3) is 0 Å². The molecule has 1 heterocycles. The summed E-state index contributed by atoms with van der Waals surface area (Å²) in [5.74, 6) is 1.00. The fraction of sp³-hybridized carbons (Fsp3) is 0.310. The Labute approximate surface area is 209 Å². The summed E-state index contributed by atoms with van der Waals surface area (Å²) in [6, 6.07) is 27.7. The lowest BCUT2D eigenvalue weighted by atomic mass is 9.90. The van der Waals surface area contributed by atoms with E-state index >= 15 is 0 Å². The van der Waals surface area contributed by atoms with E-state index in [2.05, 4.69) is 93.4 Å². The monoisotopic (exact) mass is 486 g/mol. The molecule has 0 aromatic heterocycles. The maximum atomic E-state index is 11.3. The zero-order chi connectivity index (χ0) is 25.2. The number of benzene rings is 3. The van der Waals surface area contributed by atoms with Gasteiger partial charge in [-0.15, -0.1) is 0 Å². The van der Waals surface area contributed by atoms with Gasteiger partial charge in [0, 0.05) is 24.2 Å². The Morgan fingerprint density at radius 3 is 2.00 bits per heavy atom. The van der Waals surface area contributed by atoms with Crippen LogP contribution in [-0.4, -0.2) is 13.2 Å². The third kappa shape index (κ3) is 5.33. The molecular weight excluding hydrogens is 452 g/mol. The van der Waals surface area contributed by atoms with E-state index in [1.165, 1.54) is 5.56 Å². The SMILES string of the molecule is CC(C)(C)[Si](C)(C)OC1=C[C@H](c2ccccc2)N(c2ccccc2)[C@@H](c2ccc([N+](=O)[O-])cc2)C1. The third-order valence-electron chi connectivity index (χ3n) is 7.25. The highest BCUT2D eigenvalue weighted by Crippen LogP contribution is 2.47. The average Bonchev–Trinajstić information content (AvgIpc) is 2.84. The molecule has 1 aliphatic rings. The molecular formula is C29H34N2O3Si. The second-order valence-corrected chi connectivity index (χ2v) is 15.4. The van der Waals surface area contributed by atoms with Crippen LogP contribution in [0.5, 0.6) is 0 Å². The van der Waals surface area contributed by atoms with Crippen molar-refractivity contribution in [2.45, 2.75) is 57.4 Å². The van der Waals surface area contributed by atoms with Crippen molar-refractivity contribution >= 4 is 19.7 Å². The number of non-ortho nitro benzene ring substituents is 1. The minimum absolute atomic E-state index is 0.0341. The van der Waals surface area contributed by atoms with E-state index in [-0.39, 0.29) is 27.7 Å². The first-order valence-corrected chi connectivity index (χ1v) is 15.0. The number of nitro benzene ring substituents is 1. The molecule has 0 amide bonds. The first-order chi connectivity index (χ1) is 16.6. The normalized spacial score (nSPS) is 18.7. The van der Waals surface area contributed by atoms with Crippen LogP contribution < -0.4 is 4.90 Å². The zero-order valence-electron chi connectivity index (χ0n) is 21.1. The fourth-order valence-electron chi connectivity index (χ4n) is 4.31. The summed E-state index contributed by atoms with van der Waals surface area (Å²) in [6.07, 6.45) is 2.97. The predicted molar refractivity (Wildman–Crippen MR) is 145 cm³/mol. The molecule has 3 aromatic carbocycles. The van der Waals surface area contributed by atoms with E-state index in [0.717, 1.165) is 17.0 Å². The van der Waals surface area contributed by atoms with E-state index < -0.39 is 8.32 Å². The number of rotatable bonds is 6. The zero-order valence-corrected chi connectivity index (χ0v) is 22.1. The first-order valence-electron chi connectivity index (χ1n) is 12.1. The Morgan fingerprint density at radius 2 is 1.46 bits per heavy atom. The van der Waals surface area contributed by atoms with Gasteiger partial charge in [0.2, 0.25) is 8.32 Å². The molecule has 0 unspecified atom stereocenters. The van der Waals surface area contributed by atoms with Crippen molar-refractivity contribution in [3.8, 4) is 0 Å². The van der Waals surface area contributed by atoms with E-state index in [0.29, 0.717) is 6.42 Å². The second kappa shape index (κ2) is 9.70. The van der Waals surface area contributed by atoms with Crippen LogP contribution in [0, 0.1) is 10.1 Å². The van der Waals surface area contributed by atoms with Crippen molar-refractivity contribution in [3.63, 3.8) is 0 Å². The second-order valence-electron chi connectivity index (χ2n) is 10.7. The molecule has 6 heteroatoms. The lowest BCUT2D eigenvalue weighted by Gasteiger charge is -2.45. The predicted octanol–water partition coefficient (Wildman–Crippen LogP) is 8.19. The summed E-state index contributed by atoms with van der Waals surface area (Å²) in [5, 5.41) is 11.4. The van der Waals surface area contributed by atoms with Gasteiger partial charge in [-0.25, -0.2) is 0 Å². The van der Waals surface area contributed by atoms with Crippen molar-refractivity contribution in [3.05, 3.63) is 118 Å². The number of anilines is 1. The highest BCUT2D eigenvalue weighted by atomic mass is 28.4. The minimum Gasteiger partial charge on any atom is -0.547 e. The van der Waals surface area contributed by atoms with Crippen molar-refractivity contribution in [1.82, 2.24) is 0 Å². The molecule has 0 radical (unpaired) electrons. The highest BCUT2D eigenvalue weighted by molar-refractivity contribution is 6.74. The van der Waals surface area contributed by atoms with Crippen LogP contribution >= 0.6 is 0 Å². The topological polar surface area (TPSA) is 55.6 Å². The number of nitro groups is 1. The molecule has 4 rings (SSSR count). The van der Waals surface area contributed by atoms with Crippen molar-refractivity contribution in [1.29, 1.82) is 0 Å². The summed E-state index contributed by atoms with van der Waals surface area (Å²) >= 11 is 0. The smallest absolute Gasteiger partial charge is 0.269 e. The van der Waals surface area contributed by atoms with Gasteiger partial charge in [-0.2, -0.15) is 0 Å². The van der Waals surface area contributed by atoms with Gasteiger partial charge in [0.15, 0.2) is 0 Å². The molecule has 182 valence electrons. The Bertz CT molecular complexity index is 1190. The lowest BCUT2D eigenvalue weighted by Crippen LogP contribution is -2.43. The van der Waals surface area contributed by atoms with Crippen molar-refractivity contribution in [2.75, 3.05) is 4.90 Å². The summed E-state index contributed by atoms with van der Waals surface area (Å²) in [5.41, 5.74) is 3.42. The Kier molecular flexibility index (Phi) is 6.85. The molecule has 0 aliphatic carbocycles. The van der Waals surface area contributed by atoms with Crippen LogP contribution in [0.2, 0.25) is 18.1 Å². The molecule has 0 N–H and O–H groups in total. The number of para-hydroxylation sites is 1. The Hall–Kier alpha value is -3.38. The van der Waals surface area contributed by atoms with E-state index in [1.54, 1.807) is 12.1 Å².